The molecule has 1 amide bonds. The van der Waals surface area contributed by atoms with Gasteiger partial charge in [0.2, 0.25) is 0 Å². The molecule has 27 heavy (non-hydrogen) atoms. The minimum atomic E-state index is -0.212. The minimum Gasteiger partial charge on any atom is -0.349 e. The van der Waals surface area contributed by atoms with Crippen LogP contribution in [0.15, 0.2) is 35.4 Å². The third-order valence-corrected chi connectivity index (χ3v) is 6.10. The van der Waals surface area contributed by atoms with Crippen molar-refractivity contribution >= 4 is 39.1 Å². The lowest BCUT2D eigenvalue weighted by Gasteiger charge is -2.25. The van der Waals surface area contributed by atoms with E-state index in [0.717, 1.165) is 5.56 Å². The Labute approximate surface area is 166 Å². The summed E-state index contributed by atoms with van der Waals surface area (Å²) in [6, 6.07) is 7.54. The van der Waals surface area contributed by atoms with Crippen molar-refractivity contribution in [3.8, 4) is 0 Å². The molecule has 1 atom stereocenters. The number of nitrogens with zero attached hydrogens (tertiary/aromatic N) is 3. The average molecular weight is 405 g/mol. The number of rotatable bonds is 5. The first kappa shape index (κ1) is 19.5. The van der Waals surface area contributed by atoms with Gasteiger partial charge in [-0.1, -0.05) is 29.8 Å². The fourth-order valence-corrected chi connectivity index (χ4v) is 4.33. The maximum Gasteiger partial charge on any atom is 0.262 e. The molecule has 0 aliphatic rings. The van der Waals surface area contributed by atoms with Crippen molar-refractivity contribution in [3.63, 3.8) is 0 Å². The number of benzene rings is 1. The van der Waals surface area contributed by atoms with Gasteiger partial charge in [-0.2, -0.15) is 0 Å². The van der Waals surface area contributed by atoms with E-state index in [1.54, 1.807) is 14.0 Å². The van der Waals surface area contributed by atoms with Gasteiger partial charge in [0.1, 0.15) is 4.83 Å². The van der Waals surface area contributed by atoms with E-state index < -0.39 is 0 Å². The summed E-state index contributed by atoms with van der Waals surface area (Å²) < 4.78 is 1.42. The van der Waals surface area contributed by atoms with Crippen molar-refractivity contribution in [2.24, 2.45) is 7.05 Å². The van der Waals surface area contributed by atoms with Crippen LogP contribution in [0.1, 0.15) is 26.8 Å². The van der Waals surface area contributed by atoms with Gasteiger partial charge in [0, 0.05) is 18.6 Å². The van der Waals surface area contributed by atoms with Gasteiger partial charge >= 0.3 is 0 Å². The molecule has 6 nitrogen and oxygen atoms in total. The Morgan fingerprint density at radius 2 is 2.07 bits per heavy atom. The molecule has 3 aromatic rings. The number of hydrogen-bond donors (Lipinski definition) is 1. The lowest BCUT2D eigenvalue weighted by atomic mass is 10.1. The Morgan fingerprint density at radius 1 is 1.37 bits per heavy atom. The van der Waals surface area contributed by atoms with E-state index >= 15 is 0 Å². The van der Waals surface area contributed by atoms with E-state index in [2.05, 4.69) is 10.3 Å². The average Bonchev–Trinajstić information content (AvgIpc) is 2.97. The van der Waals surface area contributed by atoms with Gasteiger partial charge in [0.05, 0.1) is 22.6 Å². The maximum absolute atomic E-state index is 12.8. The van der Waals surface area contributed by atoms with Gasteiger partial charge in [0.25, 0.3) is 11.5 Å². The van der Waals surface area contributed by atoms with Crippen LogP contribution in [0.2, 0.25) is 5.02 Å². The van der Waals surface area contributed by atoms with Crippen LogP contribution in [0, 0.1) is 6.92 Å². The molecular formula is C19H21ClN4O2S. The third-order valence-electron chi connectivity index (χ3n) is 4.56. The number of likely N-dealkylation sites (N-methyl/N-ethyl adjacent to an activating group) is 1. The van der Waals surface area contributed by atoms with E-state index in [9.17, 15) is 9.59 Å². The molecule has 0 spiro atoms. The highest BCUT2D eigenvalue weighted by atomic mass is 35.5. The lowest BCUT2D eigenvalue weighted by molar-refractivity contribution is 0.0945. The summed E-state index contributed by atoms with van der Waals surface area (Å²) in [5, 5.41) is 4.14. The number of nitrogens with one attached hydrogen (secondary N) is 1. The van der Waals surface area contributed by atoms with Crippen LogP contribution in [-0.2, 0) is 7.05 Å². The molecule has 0 aliphatic heterocycles. The highest BCUT2D eigenvalue weighted by Gasteiger charge is 2.22. The number of hydrogen-bond acceptors (Lipinski definition) is 5. The number of carbonyl (C=O) groups excluding carboxylic acids is 1. The topological polar surface area (TPSA) is 67.2 Å². The van der Waals surface area contributed by atoms with Crippen LogP contribution in [0.5, 0.6) is 0 Å². The molecule has 1 N–H and O–H groups in total. The molecule has 0 unspecified atom stereocenters. The first-order valence-electron chi connectivity index (χ1n) is 8.45. The fraction of sp³-hybridized carbons (Fsp3) is 0.316. The maximum atomic E-state index is 12.8. The zero-order valence-corrected chi connectivity index (χ0v) is 17.2. The van der Waals surface area contributed by atoms with Gasteiger partial charge in [-0.3, -0.25) is 9.59 Å². The van der Waals surface area contributed by atoms with Crippen LogP contribution >= 0.6 is 22.9 Å². The number of carbonyl (C=O) groups is 1. The smallest absolute Gasteiger partial charge is 0.262 e. The van der Waals surface area contributed by atoms with Crippen LogP contribution < -0.4 is 10.9 Å². The number of aromatic nitrogens is 2. The van der Waals surface area contributed by atoms with E-state index in [4.69, 9.17) is 11.6 Å². The molecular weight excluding hydrogens is 384 g/mol. The summed E-state index contributed by atoms with van der Waals surface area (Å²) >= 11 is 7.56. The lowest BCUT2D eigenvalue weighted by Crippen LogP contribution is -2.34. The van der Waals surface area contributed by atoms with Gasteiger partial charge in [0.15, 0.2) is 0 Å². The van der Waals surface area contributed by atoms with Gasteiger partial charge in [-0.25, -0.2) is 4.98 Å². The van der Waals surface area contributed by atoms with E-state index in [1.165, 1.54) is 22.2 Å². The summed E-state index contributed by atoms with van der Waals surface area (Å²) in [4.78, 5) is 32.5. The summed E-state index contributed by atoms with van der Waals surface area (Å²) in [7, 11) is 5.54. The minimum absolute atomic E-state index is 0.0664. The fourth-order valence-electron chi connectivity index (χ4n) is 3.01. The van der Waals surface area contributed by atoms with Gasteiger partial charge < -0.3 is 14.8 Å². The number of thiophene rings is 1. The van der Waals surface area contributed by atoms with Crippen molar-refractivity contribution in [1.29, 1.82) is 0 Å². The molecule has 0 bridgehead atoms. The molecule has 142 valence electrons. The van der Waals surface area contributed by atoms with Crippen molar-refractivity contribution in [2.75, 3.05) is 20.6 Å². The first-order chi connectivity index (χ1) is 12.8. The molecule has 1 aromatic carbocycles. The number of fused-ring (bicyclic) bond motifs is 1. The Balaban J connectivity index is 1.86. The Kier molecular flexibility index (Phi) is 5.64. The van der Waals surface area contributed by atoms with Crippen LogP contribution in [-0.4, -0.2) is 41.0 Å². The standard InChI is InChI=1S/C19H21ClN4O2S/c1-11-15-18(22-10-24(4)19(15)26)27-16(11)17(25)21-9-14(23(2)3)12-7-5-6-8-13(12)20/h5-8,10,14H,9H2,1-4H3,(H,21,25)/t14-/m1/s1. The van der Waals surface area contributed by atoms with Crippen molar-refractivity contribution in [3.05, 3.63) is 62.0 Å². The summed E-state index contributed by atoms with van der Waals surface area (Å²) in [5.41, 5.74) is 1.48. The summed E-state index contributed by atoms with van der Waals surface area (Å²) in [6.45, 7) is 2.18. The third kappa shape index (κ3) is 3.76. The summed E-state index contributed by atoms with van der Waals surface area (Å²) in [5.74, 6) is -0.212. The second-order valence-electron chi connectivity index (χ2n) is 6.61. The van der Waals surface area contributed by atoms with Crippen molar-refractivity contribution in [2.45, 2.75) is 13.0 Å². The monoisotopic (exact) mass is 404 g/mol. The zero-order chi connectivity index (χ0) is 19.7. The van der Waals surface area contributed by atoms with Gasteiger partial charge in [-0.15, -0.1) is 11.3 Å². The molecule has 3 rings (SSSR count). The number of halogens is 1. The Hall–Kier alpha value is -2.22. The molecule has 0 saturated heterocycles. The Bertz CT molecular complexity index is 1060. The molecule has 0 radical (unpaired) electrons. The van der Waals surface area contributed by atoms with Crippen LogP contribution in [0.4, 0.5) is 0 Å². The van der Waals surface area contributed by atoms with Crippen molar-refractivity contribution in [1.82, 2.24) is 19.8 Å². The summed E-state index contributed by atoms with van der Waals surface area (Å²) in [6.07, 6.45) is 1.47. The number of amides is 1. The number of aryl methyl sites for hydroxylation is 2. The largest absolute Gasteiger partial charge is 0.349 e. The second kappa shape index (κ2) is 7.80. The normalized spacial score (nSPS) is 12.5. The highest BCUT2D eigenvalue weighted by Crippen LogP contribution is 2.28. The molecule has 2 aromatic heterocycles. The van der Waals surface area contributed by atoms with Gasteiger partial charge in [-0.05, 0) is 38.2 Å². The highest BCUT2D eigenvalue weighted by molar-refractivity contribution is 7.20. The van der Waals surface area contributed by atoms with Crippen LogP contribution in [0.25, 0.3) is 10.2 Å². The predicted octanol–water partition coefficient (Wildman–Crippen LogP) is 2.99. The molecule has 2 heterocycles. The second-order valence-corrected chi connectivity index (χ2v) is 8.01. The predicted molar refractivity (Wildman–Crippen MR) is 110 cm³/mol. The molecule has 0 fully saturated rings. The first-order valence-corrected chi connectivity index (χ1v) is 9.64. The van der Waals surface area contributed by atoms with Crippen molar-refractivity contribution < 1.29 is 4.79 Å². The van der Waals surface area contributed by atoms with E-state index in [0.29, 0.717) is 32.2 Å². The molecule has 8 heteroatoms. The molecule has 0 aliphatic carbocycles. The van der Waals surface area contributed by atoms with E-state index in [1.807, 2.05) is 43.3 Å². The Morgan fingerprint density at radius 3 is 2.74 bits per heavy atom. The zero-order valence-electron chi connectivity index (χ0n) is 15.6. The van der Waals surface area contributed by atoms with Crippen LogP contribution in [0.3, 0.4) is 0 Å². The molecule has 0 saturated carbocycles. The quantitative estimate of drug-likeness (QED) is 0.709. The van der Waals surface area contributed by atoms with E-state index in [-0.39, 0.29) is 17.5 Å². The SMILES string of the molecule is Cc1c(C(=O)NC[C@H](c2ccccc2Cl)N(C)C)sc2ncn(C)c(=O)c12.